The molecule has 1 rings (SSSR count). The van der Waals surface area contributed by atoms with E-state index in [0.717, 1.165) is 0 Å². The number of aliphatic hydroxyl groups excluding tert-OH is 1. The minimum Gasteiger partial charge on any atom is -0.503 e. The van der Waals surface area contributed by atoms with Gasteiger partial charge in [0.25, 0.3) is 0 Å². The van der Waals surface area contributed by atoms with Crippen molar-refractivity contribution in [2.24, 2.45) is 0 Å². The number of hydrogen-bond acceptors (Lipinski definition) is 5. The molecule has 0 atom stereocenters. The van der Waals surface area contributed by atoms with E-state index < -0.39 is 11.4 Å². The number of pyridine rings is 1. The largest absolute Gasteiger partial charge is 0.503 e. The molecule has 7 heteroatoms. The Kier molecular flexibility index (Phi) is 5.72. The number of aryl methyl sites for hydroxylation is 1. The maximum Gasteiger partial charge on any atom is 0.317 e. The van der Waals surface area contributed by atoms with Crippen molar-refractivity contribution in [1.29, 1.82) is 0 Å². The van der Waals surface area contributed by atoms with E-state index in [4.69, 9.17) is 10.2 Å². The summed E-state index contributed by atoms with van der Waals surface area (Å²) < 4.78 is 1.73. The van der Waals surface area contributed by atoms with Crippen LogP contribution in [0.25, 0.3) is 0 Å². The fraction of sp³-hybridized carbons (Fsp3) is 0.538. The van der Waals surface area contributed by atoms with Gasteiger partial charge in [0.1, 0.15) is 0 Å². The summed E-state index contributed by atoms with van der Waals surface area (Å²) in [7, 11) is 1.59. The average molecular weight is 284 g/mol. The number of carboxylic acids is 1. The van der Waals surface area contributed by atoms with Crippen LogP contribution in [0.1, 0.15) is 17.8 Å². The highest BCUT2D eigenvalue weighted by atomic mass is 16.4. The van der Waals surface area contributed by atoms with Crippen molar-refractivity contribution in [2.75, 3.05) is 20.2 Å². The number of aromatic hydroxyl groups is 1. The van der Waals surface area contributed by atoms with Crippen LogP contribution in [0.15, 0.2) is 10.9 Å². The van der Waals surface area contributed by atoms with Crippen LogP contribution in [0.3, 0.4) is 0 Å². The highest BCUT2D eigenvalue weighted by Gasteiger charge is 2.15. The van der Waals surface area contributed by atoms with Crippen molar-refractivity contribution < 1.29 is 20.1 Å². The smallest absolute Gasteiger partial charge is 0.317 e. The summed E-state index contributed by atoms with van der Waals surface area (Å²) in [6.07, 6.45) is 0.485. The van der Waals surface area contributed by atoms with E-state index in [9.17, 15) is 14.7 Å². The van der Waals surface area contributed by atoms with Crippen molar-refractivity contribution in [3.8, 4) is 5.75 Å². The fourth-order valence-corrected chi connectivity index (χ4v) is 2.06. The first-order valence-electron chi connectivity index (χ1n) is 6.30. The van der Waals surface area contributed by atoms with Gasteiger partial charge in [-0.3, -0.25) is 14.5 Å². The van der Waals surface area contributed by atoms with Gasteiger partial charge in [-0.25, -0.2) is 0 Å². The quantitative estimate of drug-likeness (QED) is 0.638. The van der Waals surface area contributed by atoms with Crippen molar-refractivity contribution in [3.05, 3.63) is 27.7 Å². The third kappa shape index (κ3) is 4.07. The van der Waals surface area contributed by atoms with Gasteiger partial charge in [0, 0.05) is 31.5 Å². The zero-order valence-corrected chi connectivity index (χ0v) is 11.7. The molecule has 0 radical (unpaired) electrons. The van der Waals surface area contributed by atoms with Crippen LogP contribution in [0.4, 0.5) is 0 Å². The van der Waals surface area contributed by atoms with E-state index in [-0.39, 0.29) is 25.4 Å². The van der Waals surface area contributed by atoms with E-state index in [0.29, 0.717) is 24.4 Å². The van der Waals surface area contributed by atoms with Gasteiger partial charge in [0.2, 0.25) is 5.43 Å². The summed E-state index contributed by atoms with van der Waals surface area (Å²) in [5.41, 5.74) is 0.550. The van der Waals surface area contributed by atoms with Crippen molar-refractivity contribution in [1.82, 2.24) is 9.47 Å². The molecule has 0 amide bonds. The zero-order valence-electron chi connectivity index (χ0n) is 11.7. The second-order valence-electron chi connectivity index (χ2n) is 4.74. The first-order chi connectivity index (χ1) is 9.36. The van der Waals surface area contributed by atoms with E-state index in [2.05, 4.69) is 0 Å². The molecule has 0 saturated heterocycles. The number of rotatable bonds is 7. The molecule has 0 unspecified atom stereocenters. The monoisotopic (exact) mass is 284 g/mol. The van der Waals surface area contributed by atoms with Gasteiger partial charge in [-0.2, -0.15) is 0 Å². The predicted molar refractivity (Wildman–Crippen MR) is 72.8 cm³/mol. The molecule has 0 spiro atoms. The second-order valence-corrected chi connectivity index (χ2v) is 4.74. The molecule has 3 N–H and O–H groups in total. The molecule has 0 aliphatic carbocycles. The van der Waals surface area contributed by atoms with Crippen molar-refractivity contribution >= 4 is 5.97 Å². The van der Waals surface area contributed by atoms with Gasteiger partial charge in [-0.15, -0.1) is 0 Å². The normalized spacial score (nSPS) is 11.0. The lowest BCUT2D eigenvalue weighted by atomic mass is 10.2. The molecule has 0 saturated carbocycles. The minimum atomic E-state index is -0.983. The molecule has 0 bridgehead atoms. The number of hydrogen-bond donors (Lipinski definition) is 3. The second kappa shape index (κ2) is 7.06. The molecule has 0 aliphatic heterocycles. The Balaban J connectivity index is 3.13. The Labute approximate surface area is 116 Å². The predicted octanol–water partition coefficient (Wildman–Crippen LogP) is -0.239. The van der Waals surface area contributed by atoms with Crippen LogP contribution in [0, 0.1) is 6.92 Å². The van der Waals surface area contributed by atoms with E-state index in [1.807, 2.05) is 0 Å². The summed E-state index contributed by atoms with van der Waals surface area (Å²) in [5.74, 6) is -1.35. The molecule has 1 aromatic heterocycles. The lowest BCUT2D eigenvalue weighted by molar-refractivity contribution is -0.138. The van der Waals surface area contributed by atoms with Gasteiger partial charge in [-0.1, -0.05) is 0 Å². The van der Waals surface area contributed by atoms with Gasteiger partial charge >= 0.3 is 5.97 Å². The number of aliphatic carboxylic acids is 1. The van der Waals surface area contributed by atoms with Crippen molar-refractivity contribution in [2.45, 2.75) is 26.4 Å². The topological polar surface area (TPSA) is 103 Å². The number of carboxylic acid groups (broad SMARTS) is 1. The minimum absolute atomic E-state index is 0.00324. The maximum atomic E-state index is 11.6. The molecular weight excluding hydrogens is 264 g/mol. The molecule has 112 valence electrons. The summed E-state index contributed by atoms with van der Waals surface area (Å²) >= 11 is 0. The van der Waals surface area contributed by atoms with Crippen molar-refractivity contribution in [3.63, 3.8) is 0 Å². The highest BCUT2D eigenvalue weighted by Crippen LogP contribution is 2.16. The SMILES string of the molecule is Cc1cc(=O)c(O)c(CN(C)CC(=O)O)n1CCCO. The lowest BCUT2D eigenvalue weighted by Crippen LogP contribution is -2.28. The molecule has 1 aromatic rings. The van der Waals surface area contributed by atoms with Crippen LogP contribution in [-0.4, -0.2) is 51.0 Å². The van der Waals surface area contributed by atoms with Gasteiger partial charge < -0.3 is 19.9 Å². The molecule has 0 aliphatic rings. The number of carbonyl (C=O) groups is 1. The molecule has 20 heavy (non-hydrogen) atoms. The first-order valence-corrected chi connectivity index (χ1v) is 6.30. The first kappa shape index (κ1) is 16.2. The molecule has 7 nitrogen and oxygen atoms in total. The number of aromatic nitrogens is 1. The Hall–Kier alpha value is -1.86. The van der Waals surface area contributed by atoms with E-state index in [1.54, 1.807) is 18.5 Å². The number of aliphatic hydroxyl groups is 1. The van der Waals surface area contributed by atoms with E-state index >= 15 is 0 Å². The summed E-state index contributed by atoms with van der Waals surface area (Å²) in [6, 6.07) is 1.33. The Bertz CT molecular complexity index is 538. The summed E-state index contributed by atoms with van der Waals surface area (Å²) in [5, 5.41) is 27.6. The van der Waals surface area contributed by atoms with Crippen LogP contribution in [0.2, 0.25) is 0 Å². The van der Waals surface area contributed by atoms with Crippen LogP contribution < -0.4 is 5.43 Å². The Morgan fingerprint density at radius 3 is 2.65 bits per heavy atom. The number of nitrogens with zero attached hydrogens (tertiary/aromatic N) is 2. The van der Waals surface area contributed by atoms with Gasteiger partial charge in [-0.05, 0) is 20.4 Å². The third-order valence-corrected chi connectivity index (χ3v) is 2.96. The fourth-order valence-electron chi connectivity index (χ4n) is 2.06. The standard InChI is InChI=1S/C13H20N2O5/c1-9-6-11(17)13(20)10(15(9)4-3-5-16)7-14(2)8-12(18)19/h6,16,20H,3-5,7-8H2,1-2H3,(H,18,19). The average Bonchev–Trinajstić information content (AvgIpc) is 2.34. The molecule has 0 fully saturated rings. The molecular formula is C13H20N2O5. The summed E-state index contributed by atoms with van der Waals surface area (Å²) in [4.78, 5) is 23.8. The van der Waals surface area contributed by atoms with E-state index in [1.165, 1.54) is 11.0 Å². The Morgan fingerprint density at radius 1 is 1.45 bits per heavy atom. The Morgan fingerprint density at radius 2 is 2.10 bits per heavy atom. The van der Waals surface area contributed by atoms with Crippen LogP contribution in [-0.2, 0) is 17.9 Å². The highest BCUT2D eigenvalue weighted by molar-refractivity contribution is 5.69. The zero-order chi connectivity index (χ0) is 15.3. The maximum absolute atomic E-state index is 11.6. The van der Waals surface area contributed by atoms with Gasteiger partial charge in [0.15, 0.2) is 5.75 Å². The molecule has 1 heterocycles. The van der Waals surface area contributed by atoms with Crippen LogP contribution in [0.5, 0.6) is 5.75 Å². The number of likely N-dealkylation sites (N-methyl/N-ethyl adjacent to an activating group) is 1. The summed E-state index contributed by atoms with van der Waals surface area (Å²) in [6.45, 7) is 2.13. The van der Waals surface area contributed by atoms with Gasteiger partial charge in [0.05, 0.1) is 12.2 Å². The molecule has 0 aromatic carbocycles. The lowest BCUT2D eigenvalue weighted by Gasteiger charge is -2.21. The third-order valence-electron chi connectivity index (χ3n) is 2.96. The van der Waals surface area contributed by atoms with Crippen LogP contribution >= 0.6 is 0 Å².